The van der Waals surface area contributed by atoms with Gasteiger partial charge >= 0.3 is 0 Å². The third-order valence-electron chi connectivity index (χ3n) is 14.9. The molecule has 0 amide bonds. The van der Waals surface area contributed by atoms with Crippen LogP contribution in [0.5, 0.6) is 0 Å². The summed E-state index contributed by atoms with van der Waals surface area (Å²) in [4.78, 5) is 25.8. The molecule has 5 heterocycles. The Morgan fingerprint density at radius 3 is 0.901 bits per heavy atom. The second kappa shape index (κ2) is 15.4. The largest absolute Gasteiger partial charge is 0.341 e. The van der Waals surface area contributed by atoms with Gasteiger partial charge in [-0.2, -0.15) is 0 Å². The molecule has 10 nitrogen and oxygen atoms in total. The highest BCUT2D eigenvalue weighted by Crippen LogP contribution is 2.64. The summed E-state index contributed by atoms with van der Waals surface area (Å²) in [5, 5.41) is 0. The minimum Gasteiger partial charge on any atom is -0.341 e. The Morgan fingerprint density at radius 1 is 0.268 bits per heavy atom. The highest BCUT2D eigenvalue weighted by Gasteiger charge is 2.41. The van der Waals surface area contributed by atoms with Crippen molar-refractivity contribution in [2.24, 2.45) is 14.1 Å². The Hall–Kier alpha value is -9.28. The van der Waals surface area contributed by atoms with E-state index in [9.17, 15) is 0 Å². The van der Waals surface area contributed by atoms with E-state index in [0.29, 0.717) is 0 Å². The maximum absolute atomic E-state index is 5.74. The van der Waals surface area contributed by atoms with Gasteiger partial charge in [0.15, 0.2) is 0 Å². The van der Waals surface area contributed by atoms with Crippen LogP contribution >= 0.6 is 0 Å². The molecule has 10 heteroatoms. The van der Waals surface area contributed by atoms with Crippen LogP contribution in [0, 0.1) is 0 Å². The van der Waals surface area contributed by atoms with E-state index in [1.165, 1.54) is 0 Å². The molecule has 0 spiro atoms. The Bertz CT molecular complexity index is 3840. The highest BCUT2D eigenvalue weighted by atomic mass is 15.3. The Balaban J connectivity index is 1.26. The van der Waals surface area contributed by atoms with E-state index in [1.54, 1.807) is 0 Å². The number of para-hydroxylation sites is 16. The van der Waals surface area contributed by atoms with Gasteiger partial charge in [0, 0.05) is 35.2 Å². The van der Waals surface area contributed by atoms with Crippen LogP contribution in [0.15, 0.2) is 200 Å². The Labute approximate surface area is 412 Å². The van der Waals surface area contributed by atoms with Crippen molar-refractivity contribution in [1.82, 2.24) is 19.1 Å². The first-order chi connectivity index (χ1) is 34.9. The first-order valence-corrected chi connectivity index (χ1v) is 24.1. The molecule has 11 aromatic rings. The monoisotopic (exact) mass is 920 g/mol. The summed E-state index contributed by atoms with van der Waals surface area (Å²) in [5.41, 5.74) is 21.5. The number of hydrogen-bond donors (Lipinski definition) is 0. The second-order valence-corrected chi connectivity index (χ2v) is 18.6. The number of aryl methyl sites for hydroxylation is 2. The standard InChI is InChI=1S/C61H48N10/c1-64-43-26-10-16-32-49(43)69(50-33-17-11-27-44(50)64)55-38-56(70-51-34-18-12-28-45(51)65(2)46-29-13-19-35-52(46)70)59(71-53-36-20-14-30-47(53)66(3)48-31-15-21-37-54(48)71)58(61-63-40-23-7-9-25-42(40)68(61)5)57(55)60-62-39-22-6-8-24-41(39)67(60)4/h6-38H,1-5H3. The highest BCUT2D eigenvalue weighted by molar-refractivity contribution is 6.15. The summed E-state index contributed by atoms with van der Waals surface area (Å²) < 4.78 is 4.55. The summed E-state index contributed by atoms with van der Waals surface area (Å²) in [6, 6.07) is 72.0. The normalized spacial score (nSPS) is 13.5. The van der Waals surface area contributed by atoms with Gasteiger partial charge in [-0.05, 0) is 103 Å². The summed E-state index contributed by atoms with van der Waals surface area (Å²) in [6.07, 6.45) is 0. The fourth-order valence-corrected chi connectivity index (χ4v) is 11.6. The number of imidazole rings is 2. The molecule has 3 aliphatic heterocycles. The van der Waals surface area contributed by atoms with Gasteiger partial charge in [-0.25, -0.2) is 9.97 Å². The van der Waals surface area contributed by atoms with Gasteiger partial charge in [-0.1, -0.05) is 97.1 Å². The van der Waals surface area contributed by atoms with Crippen molar-refractivity contribution in [1.29, 1.82) is 0 Å². The molecule has 0 unspecified atom stereocenters. The van der Waals surface area contributed by atoms with Crippen LogP contribution in [-0.4, -0.2) is 40.2 Å². The molecule has 0 aliphatic carbocycles. The van der Waals surface area contributed by atoms with E-state index in [1.807, 2.05) is 0 Å². The smallest absolute Gasteiger partial charge is 0.143 e. The van der Waals surface area contributed by atoms with Crippen molar-refractivity contribution < 1.29 is 0 Å². The van der Waals surface area contributed by atoms with Gasteiger partial charge in [0.05, 0.1) is 119 Å². The molecule has 2 aromatic heterocycles. The van der Waals surface area contributed by atoms with E-state index >= 15 is 0 Å². The first-order valence-electron chi connectivity index (χ1n) is 24.1. The minimum absolute atomic E-state index is 0.812. The zero-order valence-corrected chi connectivity index (χ0v) is 40.0. The molecule has 0 N–H and O–H groups in total. The van der Waals surface area contributed by atoms with Crippen molar-refractivity contribution in [3.05, 3.63) is 200 Å². The lowest BCUT2D eigenvalue weighted by molar-refractivity contribution is 0.945. The predicted molar refractivity (Wildman–Crippen MR) is 294 cm³/mol. The number of hydrogen-bond acceptors (Lipinski definition) is 8. The zero-order valence-electron chi connectivity index (χ0n) is 40.0. The quantitative estimate of drug-likeness (QED) is 0.169. The van der Waals surface area contributed by atoms with E-state index < -0.39 is 0 Å². The predicted octanol–water partition coefficient (Wildman–Crippen LogP) is 15.4. The lowest BCUT2D eigenvalue weighted by atomic mass is 9.93. The lowest BCUT2D eigenvalue weighted by Gasteiger charge is -2.45. The maximum Gasteiger partial charge on any atom is 0.143 e. The fraction of sp³-hybridized carbons (Fsp3) is 0.0820. The van der Waals surface area contributed by atoms with Crippen molar-refractivity contribution in [3.63, 3.8) is 0 Å². The van der Waals surface area contributed by atoms with Gasteiger partial charge in [-0.15, -0.1) is 0 Å². The fourth-order valence-electron chi connectivity index (χ4n) is 11.6. The third-order valence-corrected chi connectivity index (χ3v) is 14.9. The lowest BCUT2D eigenvalue weighted by Crippen LogP contribution is -2.29. The molecule has 0 saturated heterocycles. The van der Waals surface area contributed by atoms with Crippen molar-refractivity contribution in [2.45, 2.75) is 0 Å². The first kappa shape index (κ1) is 40.8. The number of fused-ring (bicyclic) bond motifs is 8. The number of rotatable bonds is 5. The van der Waals surface area contributed by atoms with E-state index in [0.717, 1.165) is 130 Å². The SMILES string of the molecule is CN1c2ccccc2N(c2cc(N3c4ccccc4N(C)c4ccccc43)c(N3c4ccccc4N(C)c4ccccc43)c(-c3nc4ccccc4n3C)c2-c2nc3ccccc3n2C)c2ccccc21. The number of benzene rings is 9. The zero-order chi connectivity index (χ0) is 47.6. The van der Waals surface area contributed by atoms with Crippen LogP contribution in [0.25, 0.3) is 44.8 Å². The summed E-state index contributed by atoms with van der Waals surface area (Å²) in [6.45, 7) is 0. The van der Waals surface area contributed by atoms with Crippen LogP contribution in [-0.2, 0) is 14.1 Å². The second-order valence-electron chi connectivity index (χ2n) is 18.6. The molecule has 71 heavy (non-hydrogen) atoms. The van der Waals surface area contributed by atoms with Crippen LogP contribution < -0.4 is 29.4 Å². The third kappa shape index (κ3) is 5.76. The molecular weight excluding hydrogens is 873 g/mol. The minimum atomic E-state index is 0.812. The molecule has 0 fully saturated rings. The maximum atomic E-state index is 5.74. The number of aromatic nitrogens is 4. The average Bonchev–Trinajstić information content (AvgIpc) is 3.94. The Kier molecular flexibility index (Phi) is 8.82. The molecule has 0 saturated carbocycles. The molecule has 0 bridgehead atoms. The molecular formula is C61H48N10. The van der Waals surface area contributed by atoms with Gasteiger partial charge in [-0.3, -0.25) is 0 Å². The molecule has 3 aliphatic rings. The van der Waals surface area contributed by atoms with Crippen molar-refractivity contribution >= 4 is 107 Å². The van der Waals surface area contributed by atoms with Crippen LogP contribution in [0.4, 0.5) is 85.3 Å². The molecule has 14 rings (SSSR count). The van der Waals surface area contributed by atoms with Crippen LogP contribution in [0.2, 0.25) is 0 Å². The summed E-state index contributed by atoms with van der Waals surface area (Å²) in [5.74, 6) is 1.63. The molecule has 0 atom stereocenters. The molecule has 342 valence electrons. The van der Waals surface area contributed by atoms with Crippen molar-refractivity contribution in [2.75, 3.05) is 50.5 Å². The van der Waals surface area contributed by atoms with Gasteiger partial charge in [0.25, 0.3) is 0 Å². The number of nitrogens with zero attached hydrogens (tertiary/aromatic N) is 10. The summed E-state index contributed by atoms with van der Waals surface area (Å²) in [7, 11) is 10.8. The number of anilines is 15. The van der Waals surface area contributed by atoms with Crippen LogP contribution in [0.3, 0.4) is 0 Å². The average molecular weight is 921 g/mol. The molecule has 0 radical (unpaired) electrons. The van der Waals surface area contributed by atoms with E-state index in [4.69, 9.17) is 9.97 Å². The molecule has 9 aromatic carbocycles. The van der Waals surface area contributed by atoms with Gasteiger partial charge in [0.1, 0.15) is 11.6 Å². The van der Waals surface area contributed by atoms with Gasteiger partial charge < -0.3 is 38.5 Å². The van der Waals surface area contributed by atoms with Crippen LogP contribution in [0.1, 0.15) is 0 Å². The van der Waals surface area contributed by atoms with E-state index in [2.05, 4.69) is 274 Å². The van der Waals surface area contributed by atoms with E-state index in [-0.39, 0.29) is 0 Å². The Morgan fingerprint density at radius 2 is 0.549 bits per heavy atom. The van der Waals surface area contributed by atoms with Crippen molar-refractivity contribution in [3.8, 4) is 22.8 Å². The summed E-state index contributed by atoms with van der Waals surface area (Å²) >= 11 is 0. The topological polar surface area (TPSA) is 55.1 Å². The van der Waals surface area contributed by atoms with Gasteiger partial charge in [0.2, 0.25) is 0 Å².